The zero-order valence-electron chi connectivity index (χ0n) is 6.68. The van der Waals surface area contributed by atoms with E-state index in [4.69, 9.17) is 5.84 Å². The summed E-state index contributed by atoms with van der Waals surface area (Å²) in [6.07, 6.45) is 0. The number of hydrogen-bond acceptors (Lipinski definition) is 5. The second-order valence-corrected chi connectivity index (χ2v) is 3.14. The molecule has 1 rings (SSSR count). The van der Waals surface area contributed by atoms with Gasteiger partial charge in [0.25, 0.3) is 0 Å². The third-order valence-electron chi connectivity index (χ3n) is 1.30. The van der Waals surface area contributed by atoms with Crippen LogP contribution in [0.25, 0.3) is 0 Å². The van der Waals surface area contributed by atoms with Gasteiger partial charge in [-0.2, -0.15) is 4.94 Å². The molecular weight excluding hydrogens is 261 g/mol. The topological polar surface area (TPSA) is 81.6 Å². The van der Waals surface area contributed by atoms with Crippen molar-refractivity contribution in [3.63, 3.8) is 0 Å². The summed E-state index contributed by atoms with van der Waals surface area (Å²) in [6.45, 7) is 0. The summed E-state index contributed by atoms with van der Waals surface area (Å²) in [7, 11) is 0. The van der Waals surface area contributed by atoms with E-state index in [1.54, 1.807) is 0 Å². The van der Waals surface area contributed by atoms with Gasteiger partial charge in [-0.25, -0.2) is 10.2 Å². The lowest BCUT2D eigenvalue weighted by molar-refractivity contribution is -0.762. The van der Waals surface area contributed by atoms with E-state index in [1.807, 2.05) is 0 Å². The van der Waals surface area contributed by atoms with Crippen molar-refractivity contribution in [1.82, 2.24) is 0 Å². The summed E-state index contributed by atoms with van der Waals surface area (Å²) >= 11 is 3.02. The second-order valence-electron chi connectivity index (χ2n) is 2.23. The molecule has 0 saturated heterocycles. The van der Waals surface area contributed by atoms with Gasteiger partial charge in [-0.3, -0.25) is 0 Å². The van der Waals surface area contributed by atoms with Crippen LogP contribution < -0.4 is 11.0 Å². The fourth-order valence-electron chi connectivity index (χ4n) is 0.776. The van der Waals surface area contributed by atoms with Crippen LogP contribution in [0.5, 0.6) is 0 Å². The summed E-state index contributed by atoms with van der Waals surface area (Å²) < 4.78 is 13.6. The number of anilines is 1. The predicted molar refractivity (Wildman–Crippen MR) is 48.8 cm³/mol. The van der Waals surface area contributed by atoms with Crippen LogP contribution >= 0.6 is 15.9 Å². The fourth-order valence-corrected chi connectivity index (χ4v) is 1.11. The Morgan fingerprint density at radius 2 is 2.29 bits per heavy atom. The van der Waals surface area contributed by atoms with E-state index in [0.29, 0.717) is 4.47 Å². The van der Waals surface area contributed by atoms with Gasteiger partial charge < -0.3 is 0 Å². The Bertz CT molecular complexity index is 362. The summed E-state index contributed by atoms with van der Waals surface area (Å²) in [6, 6.07) is 3.82. The highest BCUT2D eigenvalue weighted by Crippen LogP contribution is 2.21. The first-order valence-corrected chi connectivity index (χ1v) is 4.12. The molecule has 0 saturated carbocycles. The van der Waals surface area contributed by atoms with E-state index >= 15 is 0 Å². The minimum absolute atomic E-state index is 0.232. The number of nitrogens with two attached hydrogens (primary N) is 1. The molecule has 0 spiro atoms. The first-order valence-electron chi connectivity index (χ1n) is 3.33. The SMILES string of the molecule is NN(O[N+](=O)[O-])c1ccc(Br)cc1F. The minimum atomic E-state index is -1.14. The van der Waals surface area contributed by atoms with Gasteiger partial charge in [-0.1, -0.05) is 15.9 Å². The summed E-state index contributed by atoms with van der Waals surface area (Å²) in [5.74, 6) is 4.33. The Morgan fingerprint density at radius 3 is 2.79 bits per heavy atom. The molecule has 1 aromatic rings. The van der Waals surface area contributed by atoms with Crippen LogP contribution in [0.1, 0.15) is 0 Å². The van der Waals surface area contributed by atoms with Crippen molar-refractivity contribution in [2.24, 2.45) is 5.84 Å². The standard InChI is InChI=1S/C6H5BrFN3O3/c7-4-1-2-6(5(8)3-4)10(9)14-11(12)13/h1-3H,9H2. The summed E-state index contributed by atoms with van der Waals surface area (Å²) in [5, 5.41) is 8.99. The molecule has 0 aliphatic carbocycles. The Labute approximate surface area is 86.2 Å². The number of halogens is 2. The number of hydrazine groups is 1. The van der Waals surface area contributed by atoms with Gasteiger partial charge in [0, 0.05) is 4.47 Å². The fraction of sp³-hybridized carbons (Fsp3) is 0. The van der Waals surface area contributed by atoms with Gasteiger partial charge in [0.15, 0.2) is 5.82 Å². The van der Waals surface area contributed by atoms with Crippen molar-refractivity contribution in [3.05, 3.63) is 38.6 Å². The molecular formula is C6H5BrFN3O3. The minimum Gasteiger partial charge on any atom is -0.223 e. The van der Waals surface area contributed by atoms with Crippen LogP contribution in [0.4, 0.5) is 10.1 Å². The molecule has 2 N–H and O–H groups in total. The lowest BCUT2D eigenvalue weighted by atomic mass is 10.3. The first kappa shape index (κ1) is 10.7. The van der Waals surface area contributed by atoms with E-state index in [0.717, 1.165) is 6.07 Å². The van der Waals surface area contributed by atoms with E-state index in [2.05, 4.69) is 20.9 Å². The maximum Gasteiger partial charge on any atom is 0.318 e. The number of rotatable bonds is 3. The quantitative estimate of drug-likeness (QED) is 0.508. The molecule has 0 aliphatic heterocycles. The van der Waals surface area contributed by atoms with Crippen LogP contribution in [0.15, 0.2) is 22.7 Å². The highest BCUT2D eigenvalue weighted by atomic mass is 79.9. The van der Waals surface area contributed by atoms with Crippen molar-refractivity contribution < 1.29 is 14.4 Å². The van der Waals surface area contributed by atoms with Gasteiger partial charge in [-0.05, 0) is 18.2 Å². The van der Waals surface area contributed by atoms with Crippen molar-refractivity contribution in [2.45, 2.75) is 0 Å². The zero-order chi connectivity index (χ0) is 10.7. The molecule has 14 heavy (non-hydrogen) atoms. The third kappa shape index (κ3) is 2.54. The van der Waals surface area contributed by atoms with Gasteiger partial charge in [0.2, 0.25) is 0 Å². The largest absolute Gasteiger partial charge is 0.318 e. The van der Waals surface area contributed by atoms with E-state index in [1.165, 1.54) is 12.1 Å². The first-order chi connectivity index (χ1) is 6.50. The van der Waals surface area contributed by atoms with E-state index < -0.39 is 10.9 Å². The monoisotopic (exact) mass is 265 g/mol. The van der Waals surface area contributed by atoms with Crippen molar-refractivity contribution >= 4 is 21.6 Å². The van der Waals surface area contributed by atoms with Crippen LogP contribution in [-0.4, -0.2) is 5.09 Å². The maximum atomic E-state index is 13.1. The Balaban J connectivity index is 2.90. The van der Waals surface area contributed by atoms with E-state index in [9.17, 15) is 14.5 Å². The molecule has 0 aliphatic rings. The highest BCUT2D eigenvalue weighted by Gasteiger charge is 2.11. The molecule has 0 radical (unpaired) electrons. The molecule has 0 bridgehead atoms. The average Bonchev–Trinajstić information content (AvgIpc) is 2.01. The van der Waals surface area contributed by atoms with Crippen LogP contribution in [0, 0.1) is 15.9 Å². The summed E-state index contributed by atoms with van der Waals surface area (Å²) in [4.78, 5) is 13.7. The van der Waals surface area contributed by atoms with Gasteiger partial charge in [-0.15, -0.1) is 15.3 Å². The summed E-state index contributed by atoms with van der Waals surface area (Å²) in [5.41, 5.74) is -0.232. The predicted octanol–water partition coefficient (Wildman–Crippen LogP) is 1.39. The number of benzene rings is 1. The highest BCUT2D eigenvalue weighted by molar-refractivity contribution is 9.10. The average molecular weight is 266 g/mol. The lowest BCUT2D eigenvalue weighted by Gasteiger charge is -2.14. The van der Waals surface area contributed by atoms with Crippen molar-refractivity contribution in [3.8, 4) is 0 Å². The van der Waals surface area contributed by atoms with Crippen LogP contribution in [0.2, 0.25) is 0 Å². The molecule has 6 nitrogen and oxygen atoms in total. The van der Waals surface area contributed by atoms with Crippen molar-refractivity contribution in [1.29, 1.82) is 0 Å². The molecule has 8 heteroatoms. The Morgan fingerprint density at radius 1 is 1.64 bits per heavy atom. The molecule has 0 fully saturated rings. The van der Waals surface area contributed by atoms with Crippen LogP contribution in [0.3, 0.4) is 0 Å². The van der Waals surface area contributed by atoms with Crippen LogP contribution in [-0.2, 0) is 4.94 Å². The second kappa shape index (κ2) is 4.20. The Hall–Kier alpha value is -1.41. The molecule has 76 valence electrons. The molecule has 0 heterocycles. The molecule has 0 aromatic heterocycles. The normalized spacial score (nSPS) is 9.64. The van der Waals surface area contributed by atoms with Gasteiger partial charge in [0.05, 0.1) is 0 Å². The Kier molecular flexibility index (Phi) is 3.20. The lowest BCUT2D eigenvalue weighted by Crippen LogP contribution is -2.34. The van der Waals surface area contributed by atoms with Crippen molar-refractivity contribution in [2.75, 3.05) is 5.17 Å². The number of nitrogens with zero attached hydrogens (tertiary/aromatic N) is 2. The molecule has 1 aromatic carbocycles. The van der Waals surface area contributed by atoms with E-state index in [-0.39, 0.29) is 10.9 Å². The zero-order valence-corrected chi connectivity index (χ0v) is 8.27. The molecule has 0 atom stereocenters. The van der Waals surface area contributed by atoms with Gasteiger partial charge >= 0.3 is 5.09 Å². The number of hydrogen-bond donors (Lipinski definition) is 1. The molecule has 0 amide bonds. The maximum absolute atomic E-state index is 13.1. The smallest absolute Gasteiger partial charge is 0.223 e. The van der Waals surface area contributed by atoms with Gasteiger partial charge in [0.1, 0.15) is 5.69 Å². The molecule has 0 unspecified atom stereocenters. The third-order valence-corrected chi connectivity index (χ3v) is 1.80.